The van der Waals surface area contributed by atoms with Crippen molar-refractivity contribution in [3.63, 3.8) is 0 Å². The summed E-state index contributed by atoms with van der Waals surface area (Å²) in [5, 5.41) is 0. The summed E-state index contributed by atoms with van der Waals surface area (Å²) < 4.78 is 0. The number of nitrogens with one attached hydrogen (secondary N) is 1. The lowest BCUT2D eigenvalue weighted by atomic mass is 9.86. The SMILES string of the molecule is NCc1[nH]cnc1C1CCCCC1. The van der Waals surface area contributed by atoms with E-state index in [0.29, 0.717) is 12.5 Å². The monoisotopic (exact) mass is 179 g/mol. The van der Waals surface area contributed by atoms with Crippen LogP contribution < -0.4 is 5.73 Å². The molecule has 2 rings (SSSR count). The van der Waals surface area contributed by atoms with Crippen LogP contribution in [-0.2, 0) is 6.54 Å². The van der Waals surface area contributed by atoms with Gasteiger partial charge in [-0.25, -0.2) is 4.98 Å². The fourth-order valence-corrected chi connectivity index (χ4v) is 2.22. The lowest BCUT2D eigenvalue weighted by Gasteiger charge is -2.20. The van der Waals surface area contributed by atoms with Gasteiger partial charge < -0.3 is 10.7 Å². The van der Waals surface area contributed by atoms with Crippen molar-refractivity contribution in [1.82, 2.24) is 9.97 Å². The quantitative estimate of drug-likeness (QED) is 0.728. The molecule has 0 amide bonds. The van der Waals surface area contributed by atoms with Crippen molar-refractivity contribution in [3.05, 3.63) is 17.7 Å². The Bertz CT molecular complexity index is 261. The van der Waals surface area contributed by atoms with E-state index in [1.54, 1.807) is 6.33 Å². The normalized spacial score (nSPS) is 19.2. The number of aromatic nitrogens is 2. The van der Waals surface area contributed by atoms with Gasteiger partial charge in [-0.3, -0.25) is 0 Å². The van der Waals surface area contributed by atoms with Crippen LogP contribution in [0.15, 0.2) is 6.33 Å². The Balaban J connectivity index is 2.13. The second kappa shape index (κ2) is 3.92. The van der Waals surface area contributed by atoms with E-state index in [1.165, 1.54) is 37.8 Å². The van der Waals surface area contributed by atoms with Gasteiger partial charge in [0.2, 0.25) is 0 Å². The zero-order chi connectivity index (χ0) is 9.10. The highest BCUT2D eigenvalue weighted by Gasteiger charge is 2.19. The summed E-state index contributed by atoms with van der Waals surface area (Å²) in [5.41, 5.74) is 7.99. The maximum absolute atomic E-state index is 5.63. The molecule has 0 radical (unpaired) electrons. The maximum atomic E-state index is 5.63. The Kier molecular flexibility index (Phi) is 2.64. The molecule has 3 nitrogen and oxygen atoms in total. The molecule has 13 heavy (non-hydrogen) atoms. The number of imidazole rings is 1. The number of nitrogens with zero attached hydrogens (tertiary/aromatic N) is 1. The number of hydrogen-bond donors (Lipinski definition) is 2. The fourth-order valence-electron chi connectivity index (χ4n) is 2.22. The molecule has 1 aromatic heterocycles. The minimum atomic E-state index is 0.589. The van der Waals surface area contributed by atoms with Crippen molar-refractivity contribution in [3.8, 4) is 0 Å². The molecule has 0 aliphatic heterocycles. The third-order valence-electron chi connectivity index (χ3n) is 2.95. The summed E-state index contributed by atoms with van der Waals surface area (Å²) >= 11 is 0. The fraction of sp³-hybridized carbons (Fsp3) is 0.700. The smallest absolute Gasteiger partial charge is 0.0925 e. The highest BCUT2D eigenvalue weighted by atomic mass is 14.9. The minimum absolute atomic E-state index is 0.589. The van der Waals surface area contributed by atoms with Crippen LogP contribution in [0.3, 0.4) is 0 Å². The Morgan fingerprint density at radius 3 is 2.85 bits per heavy atom. The molecule has 1 aliphatic carbocycles. The number of H-pyrrole nitrogens is 1. The third kappa shape index (κ3) is 1.75. The van der Waals surface area contributed by atoms with E-state index in [4.69, 9.17) is 5.73 Å². The first-order chi connectivity index (χ1) is 6.42. The summed E-state index contributed by atoms with van der Waals surface area (Å²) in [6.45, 7) is 0.589. The Morgan fingerprint density at radius 2 is 2.15 bits per heavy atom. The van der Waals surface area contributed by atoms with Crippen molar-refractivity contribution >= 4 is 0 Å². The van der Waals surface area contributed by atoms with Crippen LogP contribution in [-0.4, -0.2) is 9.97 Å². The van der Waals surface area contributed by atoms with Crippen molar-refractivity contribution in [2.75, 3.05) is 0 Å². The van der Waals surface area contributed by atoms with Gasteiger partial charge in [0.1, 0.15) is 0 Å². The van der Waals surface area contributed by atoms with Crippen LogP contribution in [0.1, 0.15) is 49.4 Å². The molecule has 0 saturated heterocycles. The molecule has 0 bridgehead atoms. The molecule has 3 heteroatoms. The highest BCUT2D eigenvalue weighted by molar-refractivity contribution is 5.16. The predicted octanol–water partition coefficient (Wildman–Crippen LogP) is 1.92. The molecule has 72 valence electrons. The van der Waals surface area contributed by atoms with Gasteiger partial charge in [-0.15, -0.1) is 0 Å². The van der Waals surface area contributed by atoms with Gasteiger partial charge in [0.05, 0.1) is 17.7 Å². The van der Waals surface area contributed by atoms with Gasteiger partial charge >= 0.3 is 0 Å². The molecule has 0 aromatic carbocycles. The van der Waals surface area contributed by atoms with Gasteiger partial charge in [0, 0.05) is 12.5 Å². The molecule has 0 spiro atoms. The molecule has 1 aliphatic rings. The first kappa shape index (κ1) is 8.75. The first-order valence-electron chi connectivity index (χ1n) is 5.14. The van der Waals surface area contributed by atoms with Crippen molar-refractivity contribution < 1.29 is 0 Å². The molecule has 1 heterocycles. The zero-order valence-electron chi connectivity index (χ0n) is 7.92. The average molecular weight is 179 g/mol. The van der Waals surface area contributed by atoms with Gasteiger partial charge in [0.25, 0.3) is 0 Å². The highest BCUT2D eigenvalue weighted by Crippen LogP contribution is 2.32. The summed E-state index contributed by atoms with van der Waals surface area (Å²) in [7, 11) is 0. The van der Waals surface area contributed by atoms with E-state index in [1.807, 2.05) is 0 Å². The van der Waals surface area contributed by atoms with E-state index in [0.717, 1.165) is 5.69 Å². The molecular weight excluding hydrogens is 162 g/mol. The van der Waals surface area contributed by atoms with E-state index in [2.05, 4.69) is 9.97 Å². The summed E-state index contributed by atoms with van der Waals surface area (Å²) in [6.07, 6.45) is 8.43. The van der Waals surface area contributed by atoms with E-state index >= 15 is 0 Å². The predicted molar refractivity (Wildman–Crippen MR) is 52.3 cm³/mol. The number of hydrogen-bond acceptors (Lipinski definition) is 2. The number of rotatable bonds is 2. The molecule has 1 aromatic rings. The molecule has 3 N–H and O–H groups in total. The topological polar surface area (TPSA) is 54.7 Å². The zero-order valence-corrected chi connectivity index (χ0v) is 7.92. The molecule has 1 fully saturated rings. The maximum Gasteiger partial charge on any atom is 0.0925 e. The van der Waals surface area contributed by atoms with Crippen LogP contribution in [0.5, 0.6) is 0 Å². The standard InChI is InChI=1S/C10H17N3/c11-6-9-10(13-7-12-9)8-4-2-1-3-5-8/h7-8H,1-6,11H2,(H,12,13). The summed E-state index contributed by atoms with van der Waals surface area (Å²) in [6, 6.07) is 0. The number of nitrogens with two attached hydrogens (primary N) is 1. The lowest BCUT2D eigenvalue weighted by Crippen LogP contribution is -2.09. The van der Waals surface area contributed by atoms with Crippen LogP contribution in [0, 0.1) is 0 Å². The van der Waals surface area contributed by atoms with Gasteiger partial charge in [-0.05, 0) is 12.8 Å². The molecule has 1 saturated carbocycles. The van der Waals surface area contributed by atoms with Gasteiger partial charge in [-0.2, -0.15) is 0 Å². The lowest BCUT2D eigenvalue weighted by molar-refractivity contribution is 0.435. The second-order valence-corrected chi connectivity index (χ2v) is 3.81. The van der Waals surface area contributed by atoms with Gasteiger partial charge in [0.15, 0.2) is 0 Å². The van der Waals surface area contributed by atoms with Crippen molar-refractivity contribution in [1.29, 1.82) is 0 Å². The van der Waals surface area contributed by atoms with Crippen molar-refractivity contribution in [2.24, 2.45) is 5.73 Å². The Labute approximate surface area is 78.7 Å². The molecular formula is C10H17N3. The first-order valence-corrected chi connectivity index (χ1v) is 5.14. The number of aromatic amines is 1. The van der Waals surface area contributed by atoms with Crippen LogP contribution in [0.25, 0.3) is 0 Å². The minimum Gasteiger partial charge on any atom is -0.347 e. The van der Waals surface area contributed by atoms with E-state index in [9.17, 15) is 0 Å². The second-order valence-electron chi connectivity index (χ2n) is 3.81. The van der Waals surface area contributed by atoms with Crippen LogP contribution in [0.4, 0.5) is 0 Å². The van der Waals surface area contributed by atoms with Crippen LogP contribution in [0.2, 0.25) is 0 Å². The summed E-state index contributed by atoms with van der Waals surface area (Å²) in [4.78, 5) is 7.49. The van der Waals surface area contributed by atoms with Gasteiger partial charge in [-0.1, -0.05) is 19.3 Å². The van der Waals surface area contributed by atoms with Crippen molar-refractivity contribution in [2.45, 2.75) is 44.6 Å². The van der Waals surface area contributed by atoms with Crippen LogP contribution >= 0.6 is 0 Å². The van der Waals surface area contributed by atoms with E-state index < -0.39 is 0 Å². The summed E-state index contributed by atoms with van der Waals surface area (Å²) in [5.74, 6) is 0.665. The van der Waals surface area contributed by atoms with E-state index in [-0.39, 0.29) is 0 Å². The molecule has 0 unspecified atom stereocenters. The molecule has 0 atom stereocenters. The third-order valence-corrected chi connectivity index (χ3v) is 2.95. The Morgan fingerprint density at radius 1 is 1.38 bits per heavy atom. The Hall–Kier alpha value is -0.830. The average Bonchev–Trinajstić information content (AvgIpc) is 2.67. The largest absolute Gasteiger partial charge is 0.347 e.